The minimum absolute atomic E-state index is 0.317. The molecule has 1 aliphatic rings. The average molecular weight is 413 g/mol. The zero-order valence-electron chi connectivity index (χ0n) is 17.2. The number of hydrogen-bond donors (Lipinski definition) is 1. The second-order valence-corrected chi connectivity index (χ2v) is 9.21. The third kappa shape index (κ3) is 4.86. The van der Waals surface area contributed by atoms with Gasteiger partial charge in [0.05, 0.1) is 4.90 Å². The van der Waals surface area contributed by atoms with Crippen LogP contribution in [0.15, 0.2) is 70.6 Å². The number of hydrogen-bond acceptors (Lipinski definition) is 3. The summed E-state index contributed by atoms with van der Waals surface area (Å²) in [5.74, 6) is 0.769. The lowest BCUT2D eigenvalue weighted by Crippen LogP contribution is -2.43. The molecule has 29 heavy (non-hydrogen) atoms. The van der Waals surface area contributed by atoms with E-state index in [4.69, 9.17) is 0 Å². The van der Waals surface area contributed by atoms with Gasteiger partial charge in [-0.1, -0.05) is 54.6 Å². The Kier molecular flexibility index (Phi) is 6.71. The van der Waals surface area contributed by atoms with E-state index >= 15 is 0 Å². The highest BCUT2D eigenvalue weighted by molar-refractivity contribution is 7.89. The van der Waals surface area contributed by atoms with E-state index in [2.05, 4.69) is 45.6 Å². The molecular formula is C22H28N4O2S. The van der Waals surface area contributed by atoms with Crippen molar-refractivity contribution in [3.05, 3.63) is 71.8 Å². The molecule has 7 heteroatoms. The van der Waals surface area contributed by atoms with Crippen LogP contribution in [-0.2, 0) is 16.6 Å². The van der Waals surface area contributed by atoms with Gasteiger partial charge in [-0.25, -0.2) is 12.7 Å². The third-order valence-corrected chi connectivity index (χ3v) is 6.95. The molecule has 0 aromatic heterocycles. The van der Waals surface area contributed by atoms with Gasteiger partial charge in [-0.2, -0.15) is 0 Å². The second-order valence-electron chi connectivity index (χ2n) is 7.09. The number of nitrogens with zero attached hydrogens (tertiary/aromatic N) is 3. The Bertz CT molecular complexity index is 998. The highest BCUT2D eigenvalue weighted by Gasteiger charge is 2.21. The van der Waals surface area contributed by atoms with Crippen LogP contribution in [0.1, 0.15) is 17.5 Å². The SMILES string of the molecule is CN=C(NCc1ccccc1S(=O)(=O)N(C)C)N1CC=C(c2ccccc2)CC1. The maximum absolute atomic E-state index is 12.6. The molecule has 3 rings (SSSR count). The number of guanidine groups is 1. The smallest absolute Gasteiger partial charge is 0.242 e. The van der Waals surface area contributed by atoms with E-state index in [-0.39, 0.29) is 0 Å². The van der Waals surface area contributed by atoms with Crippen LogP contribution in [0.4, 0.5) is 0 Å². The Balaban J connectivity index is 1.70. The van der Waals surface area contributed by atoms with Crippen molar-refractivity contribution in [2.45, 2.75) is 17.9 Å². The van der Waals surface area contributed by atoms with Gasteiger partial charge in [-0.3, -0.25) is 4.99 Å². The van der Waals surface area contributed by atoms with Crippen molar-refractivity contribution in [2.75, 3.05) is 34.2 Å². The lowest BCUT2D eigenvalue weighted by atomic mass is 10.00. The molecule has 2 aromatic rings. The fourth-order valence-corrected chi connectivity index (χ4v) is 4.50. The summed E-state index contributed by atoms with van der Waals surface area (Å²) in [5.41, 5.74) is 3.33. The molecule has 0 saturated heterocycles. The topological polar surface area (TPSA) is 65.0 Å². The fourth-order valence-electron chi connectivity index (χ4n) is 3.38. The Morgan fingerprint density at radius 3 is 2.41 bits per heavy atom. The molecule has 1 N–H and O–H groups in total. The molecule has 1 heterocycles. The van der Waals surface area contributed by atoms with E-state index < -0.39 is 10.0 Å². The first-order valence-corrected chi connectivity index (χ1v) is 11.1. The van der Waals surface area contributed by atoms with E-state index in [0.29, 0.717) is 11.4 Å². The number of rotatable bonds is 5. The van der Waals surface area contributed by atoms with E-state index in [9.17, 15) is 8.42 Å². The molecule has 0 atom stereocenters. The van der Waals surface area contributed by atoms with Crippen molar-refractivity contribution in [3.63, 3.8) is 0 Å². The lowest BCUT2D eigenvalue weighted by Gasteiger charge is -2.30. The van der Waals surface area contributed by atoms with E-state index in [1.807, 2.05) is 18.2 Å². The number of aliphatic imine (C=N–C) groups is 1. The molecular weight excluding hydrogens is 384 g/mol. The first-order chi connectivity index (χ1) is 13.9. The maximum Gasteiger partial charge on any atom is 0.242 e. The number of sulfonamides is 1. The molecule has 0 saturated carbocycles. The monoisotopic (exact) mass is 412 g/mol. The largest absolute Gasteiger partial charge is 0.352 e. The van der Waals surface area contributed by atoms with Gasteiger partial charge in [0.1, 0.15) is 0 Å². The van der Waals surface area contributed by atoms with Gasteiger partial charge in [0.25, 0.3) is 0 Å². The van der Waals surface area contributed by atoms with Gasteiger partial charge in [-0.15, -0.1) is 0 Å². The second kappa shape index (κ2) is 9.24. The predicted molar refractivity (Wildman–Crippen MR) is 118 cm³/mol. The van der Waals surface area contributed by atoms with E-state index in [1.54, 1.807) is 33.3 Å². The van der Waals surface area contributed by atoms with Crippen LogP contribution in [0.2, 0.25) is 0 Å². The van der Waals surface area contributed by atoms with Crippen LogP contribution in [0.5, 0.6) is 0 Å². The summed E-state index contributed by atoms with van der Waals surface area (Å²) in [6, 6.07) is 17.5. The zero-order valence-corrected chi connectivity index (χ0v) is 18.0. The molecule has 154 valence electrons. The highest BCUT2D eigenvalue weighted by Crippen LogP contribution is 2.22. The summed E-state index contributed by atoms with van der Waals surface area (Å²) in [4.78, 5) is 6.89. The molecule has 0 fully saturated rings. The van der Waals surface area contributed by atoms with Crippen molar-refractivity contribution in [1.82, 2.24) is 14.5 Å². The third-order valence-electron chi connectivity index (χ3n) is 5.03. The van der Waals surface area contributed by atoms with Crippen LogP contribution in [-0.4, -0.2) is 57.8 Å². The van der Waals surface area contributed by atoms with Gasteiger partial charge in [-0.05, 0) is 29.2 Å². The molecule has 0 amide bonds. The molecule has 0 unspecified atom stereocenters. The van der Waals surface area contributed by atoms with Gasteiger partial charge in [0.2, 0.25) is 10.0 Å². The minimum atomic E-state index is -3.49. The van der Waals surface area contributed by atoms with E-state index in [1.165, 1.54) is 15.4 Å². The van der Waals surface area contributed by atoms with Crippen LogP contribution < -0.4 is 5.32 Å². The first kappa shape index (κ1) is 21.1. The summed E-state index contributed by atoms with van der Waals surface area (Å²) in [7, 11) is 1.35. The van der Waals surface area contributed by atoms with Gasteiger partial charge >= 0.3 is 0 Å². The molecule has 0 aliphatic carbocycles. The zero-order chi connectivity index (χ0) is 20.9. The fraction of sp³-hybridized carbons (Fsp3) is 0.318. The molecule has 0 spiro atoms. The Hall–Kier alpha value is -2.64. The first-order valence-electron chi connectivity index (χ1n) is 9.64. The molecule has 2 aromatic carbocycles. The van der Waals surface area contributed by atoms with E-state index in [0.717, 1.165) is 31.0 Å². The molecule has 6 nitrogen and oxygen atoms in total. The number of nitrogens with one attached hydrogen (secondary N) is 1. The lowest BCUT2D eigenvalue weighted by molar-refractivity contribution is 0.439. The summed E-state index contributed by atoms with van der Waals surface area (Å²) in [6.45, 7) is 2.02. The summed E-state index contributed by atoms with van der Waals surface area (Å²) < 4.78 is 26.4. The van der Waals surface area contributed by atoms with Crippen LogP contribution in [0.25, 0.3) is 5.57 Å². The summed E-state index contributed by atoms with van der Waals surface area (Å²) in [5, 5.41) is 3.33. The molecule has 1 aliphatic heterocycles. The van der Waals surface area contributed by atoms with Gasteiger partial charge < -0.3 is 10.2 Å². The highest BCUT2D eigenvalue weighted by atomic mass is 32.2. The van der Waals surface area contributed by atoms with Crippen molar-refractivity contribution >= 4 is 21.6 Å². The summed E-state index contributed by atoms with van der Waals surface area (Å²) >= 11 is 0. The quantitative estimate of drug-likeness (QED) is 0.606. The molecule has 0 radical (unpaired) electrons. The predicted octanol–water partition coefficient (Wildman–Crippen LogP) is 2.80. The minimum Gasteiger partial charge on any atom is -0.352 e. The number of benzene rings is 2. The van der Waals surface area contributed by atoms with Crippen molar-refractivity contribution in [2.24, 2.45) is 4.99 Å². The van der Waals surface area contributed by atoms with Crippen LogP contribution in [0, 0.1) is 0 Å². The molecule has 0 bridgehead atoms. The average Bonchev–Trinajstić information content (AvgIpc) is 2.75. The van der Waals surface area contributed by atoms with Gasteiger partial charge in [0, 0.05) is 40.8 Å². The van der Waals surface area contributed by atoms with Crippen LogP contribution >= 0.6 is 0 Å². The van der Waals surface area contributed by atoms with Crippen molar-refractivity contribution in [1.29, 1.82) is 0 Å². The maximum atomic E-state index is 12.6. The van der Waals surface area contributed by atoms with Gasteiger partial charge in [0.15, 0.2) is 5.96 Å². The van der Waals surface area contributed by atoms with Crippen molar-refractivity contribution < 1.29 is 8.42 Å². The Morgan fingerprint density at radius 2 is 1.79 bits per heavy atom. The normalized spacial score (nSPS) is 15.4. The van der Waals surface area contributed by atoms with Crippen LogP contribution in [0.3, 0.4) is 0 Å². The Labute approximate surface area is 173 Å². The standard InChI is InChI=1S/C22H28N4O2S/c1-23-22(26-15-13-19(14-16-26)18-9-5-4-6-10-18)24-17-20-11-7-8-12-21(20)29(27,28)25(2)3/h4-13H,14-17H2,1-3H3,(H,23,24). The van der Waals surface area contributed by atoms with Crippen molar-refractivity contribution in [3.8, 4) is 0 Å². The Morgan fingerprint density at radius 1 is 1.10 bits per heavy atom. The summed E-state index contributed by atoms with van der Waals surface area (Å²) in [6.07, 6.45) is 3.17.